The minimum absolute atomic E-state index is 0.571. The van der Waals surface area contributed by atoms with Crippen molar-refractivity contribution in [3.05, 3.63) is 39.5 Å². The molecule has 2 N–H and O–H groups in total. The van der Waals surface area contributed by atoms with Crippen LogP contribution in [0.2, 0.25) is 5.02 Å². The number of nitrogen functional groups attached to an aromatic ring is 1. The highest BCUT2D eigenvalue weighted by Crippen LogP contribution is 2.26. The molecule has 1 heterocycles. The molecule has 0 bridgehead atoms. The third-order valence-electron chi connectivity index (χ3n) is 2.38. The number of anilines is 1. The molecule has 6 heteroatoms. The van der Waals surface area contributed by atoms with Crippen molar-refractivity contribution in [3.8, 4) is 5.75 Å². The summed E-state index contributed by atoms with van der Waals surface area (Å²) in [5.74, 6) is 1.25. The molecule has 0 saturated heterocycles. The van der Waals surface area contributed by atoms with Crippen LogP contribution in [-0.4, -0.2) is 16.9 Å². The van der Waals surface area contributed by atoms with Gasteiger partial charge in [0.2, 0.25) is 0 Å². The van der Waals surface area contributed by atoms with Gasteiger partial charge in [0, 0.05) is 0 Å². The maximum Gasteiger partial charge on any atom is 0.137 e. The van der Waals surface area contributed by atoms with Crippen molar-refractivity contribution >= 4 is 33.3 Å². The van der Waals surface area contributed by atoms with E-state index in [1.54, 1.807) is 18.0 Å². The van der Waals surface area contributed by atoms with E-state index in [4.69, 9.17) is 22.1 Å². The van der Waals surface area contributed by atoms with Gasteiger partial charge in [0.05, 0.1) is 29.3 Å². The molecular formula is C11H11BrClN3O. The van der Waals surface area contributed by atoms with Crippen LogP contribution in [0.3, 0.4) is 0 Å². The smallest absolute Gasteiger partial charge is 0.137 e. The van der Waals surface area contributed by atoms with Gasteiger partial charge in [-0.25, -0.2) is 4.68 Å². The molecule has 0 aliphatic rings. The van der Waals surface area contributed by atoms with Gasteiger partial charge in [-0.3, -0.25) is 0 Å². The monoisotopic (exact) mass is 315 g/mol. The number of hydrogen-bond donors (Lipinski definition) is 1. The van der Waals surface area contributed by atoms with Gasteiger partial charge >= 0.3 is 0 Å². The van der Waals surface area contributed by atoms with Crippen LogP contribution in [-0.2, 0) is 6.54 Å². The van der Waals surface area contributed by atoms with Crippen molar-refractivity contribution in [1.29, 1.82) is 0 Å². The highest BCUT2D eigenvalue weighted by Gasteiger charge is 2.07. The molecule has 0 unspecified atom stereocenters. The maximum atomic E-state index is 6.05. The molecule has 0 atom stereocenters. The van der Waals surface area contributed by atoms with Gasteiger partial charge in [-0.1, -0.05) is 17.7 Å². The van der Waals surface area contributed by atoms with Crippen LogP contribution in [0.4, 0.5) is 5.82 Å². The Hall–Kier alpha value is -1.20. The fraction of sp³-hybridized carbons (Fsp3) is 0.182. The molecule has 90 valence electrons. The van der Waals surface area contributed by atoms with E-state index in [0.717, 1.165) is 10.0 Å². The molecule has 2 aromatic rings. The minimum Gasteiger partial charge on any atom is -0.495 e. The van der Waals surface area contributed by atoms with E-state index >= 15 is 0 Å². The van der Waals surface area contributed by atoms with Crippen molar-refractivity contribution in [1.82, 2.24) is 9.78 Å². The second kappa shape index (κ2) is 4.98. The lowest BCUT2D eigenvalue weighted by Crippen LogP contribution is -2.05. The summed E-state index contributed by atoms with van der Waals surface area (Å²) in [7, 11) is 1.59. The Kier molecular flexibility index (Phi) is 3.59. The Labute approximate surface area is 112 Å². The lowest BCUT2D eigenvalue weighted by molar-refractivity contribution is 0.415. The summed E-state index contributed by atoms with van der Waals surface area (Å²) < 4.78 is 7.58. The Morgan fingerprint density at radius 2 is 2.29 bits per heavy atom. The van der Waals surface area contributed by atoms with E-state index in [0.29, 0.717) is 23.1 Å². The van der Waals surface area contributed by atoms with Gasteiger partial charge in [0.25, 0.3) is 0 Å². The SMILES string of the molecule is COc1ccc(Cn2ncc(Br)c2N)cc1Cl. The van der Waals surface area contributed by atoms with E-state index in [1.165, 1.54) is 0 Å². The summed E-state index contributed by atoms with van der Waals surface area (Å²) in [4.78, 5) is 0. The average molecular weight is 317 g/mol. The number of aromatic nitrogens is 2. The van der Waals surface area contributed by atoms with Crippen LogP contribution >= 0.6 is 27.5 Å². The number of ether oxygens (including phenoxy) is 1. The normalized spacial score (nSPS) is 10.5. The number of nitrogens with zero attached hydrogens (tertiary/aromatic N) is 2. The molecule has 0 spiro atoms. The van der Waals surface area contributed by atoms with Crippen LogP contribution < -0.4 is 10.5 Å². The molecule has 0 saturated carbocycles. The zero-order valence-electron chi connectivity index (χ0n) is 9.15. The first-order chi connectivity index (χ1) is 8.11. The molecule has 0 aliphatic heterocycles. The quantitative estimate of drug-likeness (QED) is 0.947. The topological polar surface area (TPSA) is 53.1 Å². The van der Waals surface area contributed by atoms with Crippen LogP contribution in [0, 0.1) is 0 Å². The zero-order valence-corrected chi connectivity index (χ0v) is 11.5. The first kappa shape index (κ1) is 12.3. The van der Waals surface area contributed by atoms with Gasteiger partial charge < -0.3 is 10.5 Å². The van der Waals surface area contributed by atoms with Crippen molar-refractivity contribution in [2.45, 2.75) is 6.54 Å². The second-order valence-electron chi connectivity index (χ2n) is 3.50. The molecule has 0 radical (unpaired) electrons. The Morgan fingerprint density at radius 3 is 2.82 bits per heavy atom. The van der Waals surface area contributed by atoms with E-state index < -0.39 is 0 Å². The molecule has 2 rings (SSSR count). The largest absolute Gasteiger partial charge is 0.495 e. The molecule has 17 heavy (non-hydrogen) atoms. The van der Waals surface area contributed by atoms with E-state index in [9.17, 15) is 0 Å². The van der Waals surface area contributed by atoms with Crippen molar-refractivity contribution in [3.63, 3.8) is 0 Å². The molecule has 0 fully saturated rings. The second-order valence-corrected chi connectivity index (χ2v) is 4.77. The third kappa shape index (κ3) is 2.56. The van der Waals surface area contributed by atoms with Crippen LogP contribution in [0.25, 0.3) is 0 Å². The minimum atomic E-state index is 0.571. The van der Waals surface area contributed by atoms with Crippen molar-refractivity contribution < 1.29 is 4.74 Å². The zero-order chi connectivity index (χ0) is 12.4. The third-order valence-corrected chi connectivity index (χ3v) is 3.29. The number of halogens is 2. The standard InChI is InChI=1S/C11H11BrClN3O/c1-17-10-3-2-7(4-9(10)13)6-16-11(14)8(12)5-15-16/h2-5H,6,14H2,1H3. The first-order valence-electron chi connectivity index (χ1n) is 4.91. The number of benzene rings is 1. The molecule has 1 aromatic carbocycles. The molecule has 1 aromatic heterocycles. The molecular weight excluding hydrogens is 305 g/mol. The molecule has 4 nitrogen and oxygen atoms in total. The maximum absolute atomic E-state index is 6.05. The van der Waals surface area contributed by atoms with Gasteiger partial charge in [0.1, 0.15) is 11.6 Å². The first-order valence-corrected chi connectivity index (χ1v) is 6.08. The number of nitrogens with two attached hydrogens (primary N) is 1. The van der Waals surface area contributed by atoms with Gasteiger partial charge in [-0.05, 0) is 33.6 Å². The summed E-state index contributed by atoms with van der Waals surface area (Å²) >= 11 is 9.36. The van der Waals surface area contributed by atoms with E-state index in [-0.39, 0.29) is 0 Å². The highest BCUT2D eigenvalue weighted by atomic mass is 79.9. The van der Waals surface area contributed by atoms with Crippen molar-refractivity contribution in [2.75, 3.05) is 12.8 Å². The van der Waals surface area contributed by atoms with Gasteiger partial charge in [0.15, 0.2) is 0 Å². The van der Waals surface area contributed by atoms with Crippen LogP contribution in [0.1, 0.15) is 5.56 Å². The molecule has 0 aliphatic carbocycles. The average Bonchev–Trinajstić information content (AvgIpc) is 2.61. The lowest BCUT2D eigenvalue weighted by Gasteiger charge is -2.07. The lowest BCUT2D eigenvalue weighted by atomic mass is 10.2. The van der Waals surface area contributed by atoms with Crippen LogP contribution in [0.15, 0.2) is 28.9 Å². The number of hydrogen-bond acceptors (Lipinski definition) is 3. The Balaban J connectivity index is 2.25. The van der Waals surface area contributed by atoms with E-state index in [1.807, 2.05) is 18.2 Å². The highest BCUT2D eigenvalue weighted by molar-refractivity contribution is 9.10. The fourth-order valence-electron chi connectivity index (χ4n) is 1.48. The Bertz CT molecular complexity index is 542. The van der Waals surface area contributed by atoms with E-state index in [2.05, 4.69) is 21.0 Å². The predicted molar refractivity (Wildman–Crippen MR) is 71.4 cm³/mol. The summed E-state index contributed by atoms with van der Waals surface area (Å²) in [5.41, 5.74) is 6.85. The number of rotatable bonds is 3. The summed E-state index contributed by atoms with van der Waals surface area (Å²) in [6.45, 7) is 0.571. The van der Waals surface area contributed by atoms with Gasteiger partial charge in [-0.2, -0.15) is 5.10 Å². The summed E-state index contributed by atoms with van der Waals surface area (Å²) in [6, 6.07) is 5.60. The van der Waals surface area contributed by atoms with Crippen molar-refractivity contribution in [2.24, 2.45) is 0 Å². The van der Waals surface area contributed by atoms with Crippen LogP contribution in [0.5, 0.6) is 5.75 Å². The Morgan fingerprint density at radius 1 is 1.53 bits per heavy atom. The fourth-order valence-corrected chi connectivity index (χ4v) is 2.06. The number of methoxy groups -OCH3 is 1. The molecule has 0 amide bonds. The summed E-state index contributed by atoms with van der Waals surface area (Å²) in [6.07, 6.45) is 1.67. The summed E-state index contributed by atoms with van der Waals surface area (Å²) in [5, 5.41) is 4.73. The van der Waals surface area contributed by atoms with Gasteiger partial charge in [-0.15, -0.1) is 0 Å². The predicted octanol–water partition coefficient (Wildman–Crippen LogP) is 2.94.